The van der Waals surface area contributed by atoms with Gasteiger partial charge in [-0.2, -0.15) is 0 Å². The maximum Gasteiger partial charge on any atom is 0.238 e. The van der Waals surface area contributed by atoms with Crippen LogP contribution in [-0.2, 0) is 11.3 Å². The van der Waals surface area contributed by atoms with Crippen LogP contribution >= 0.6 is 0 Å². The molecule has 0 spiro atoms. The Hall–Kier alpha value is -3.32. The van der Waals surface area contributed by atoms with E-state index in [-0.39, 0.29) is 12.5 Å². The van der Waals surface area contributed by atoms with Crippen LogP contribution in [0.3, 0.4) is 0 Å². The van der Waals surface area contributed by atoms with Crippen molar-refractivity contribution in [3.8, 4) is 0 Å². The van der Waals surface area contributed by atoms with E-state index in [1.165, 1.54) is 0 Å². The molecule has 0 fully saturated rings. The molecule has 0 aliphatic carbocycles. The van der Waals surface area contributed by atoms with Gasteiger partial charge < -0.3 is 15.7 Å². The normalized spacial score (nSPS) is 10.7. The first kappa shape index (κ1) is 18.0. The molecule has 0 saturated carbocycles. The van der Waals surface area contributed by atoms with E-state index in [1.54, 1.807) is 36.7 Å². The largest absolute Gasteiger partial charge is 0.471 e. The Kier molecular flexibility index (Phi) is 6.56. The number of fused-ring (bicyclic) bond motifs is 1. The Morgan fingerprint density at radius 1 is 1.16 bits per heavy atom. The summed E-state index contributed by atoms with van der Waals surface area (Å²) in [5.74, 6) is 5.67. The minimum absolute atomic E-state index is 0.271. The predicted octanol–water partition coefficient (Wildman–Crippen LogP) is 1.89. The van der Waals surface area contributed by atoms with E-state index in [0.29, 0.717) is 11.1 Å². The number of ether oxygens (including phenoxy) is 1. The molecule has 0 atom stereocenters. The van der Waals surface area contributed by atoms with Crippen molar-refractivity contribution < 1.29 is 14.6 Å². The van der Waals surface area contributed by atoms with E-state index in [2.05, 4.69) is 15.1 Å². The van der Waals surface area contributed by atoms with Crippen LogP contribution in [0.1, 0.15) is 21.5 Å². The molecule has 0 saturated heterocycles. The van der Waals surface area contributed by atoms with Gasteiger partial charge in [0.15, 0.2) is 0 Å². The number of rotatable bonds is 4. The van der Waals surface area contributed by atoms with Crippen molar-refractivity contribution in [2.45, 2.75) is 6.61 Å². The number of hydrogen-bond donors (Lipinski definition) is 2. The van der Waals surface area contributed by atoms with Crippen molar-refractivity contribution in [2.24, 2.45) is 10.9 Å². The Morgan fingerprint density at radius 3 is 2.64 bits per heavy atom. The lowest BCUT2D eigenvalue weighted by Gasteiger charge is -2.09. The number of aliphatic hydroxyl groups is 1. The van der Waals surface area contributed by atoms with Crippen molar-refractivity contribution in [3.05, 3.63) is 71.5 Å². The molecule has 1 aromatic heterocycles. The fourth-order valence-electron chi connectivity index (χ4n) is 2.19. The van der Waals surface area contributed by atoms with Crippen LogP contribution < -0.4 is 5.84 Å². The predicted molar refractivity (Wildman–Crippen MR) is 95.0 cm³/mol. The molecule has 25 heavy (non-hydrogen) atoms. The molecule has 1 heterocycles. The highest BCUT2D eigenvalue weighted by atomic mass is 16.5. The van der Waals surface area contributed by atoms with E-state index < -0.39 is 0 Å². The summed E-state index contributed by atoms with van der Waals surface area (Å²) in [6.07, 6.45) is 4.06. The quantitative estimate of drug-likeness (QED) is 0.247. The summed E-state index contributed by atoms with van der Waals surface area (Å²) in [4.78, 5) is 19.3. The number of aromatic nitrogens is 2. The number of carbonyl (C=O) groups is 1. The molecule has 3 aromatic rings. The van der Waals surface area contributed by atoms with Crippen molar-refractivity contribution in [3.63, 3.8) is 0 Å². The molecule has 3 rings (SSSR count). The van der Waals surface area contributed by atoms with Gasteiger partial charge in [0.25, 0.3) is 0 Å². The summed E-state index contributed by atoms with van der Waals surface area (Å²) in [5.41, 5.74) is 3.72. The van der Waals surface area contributed by atoms with Gasteiger partial charge >= 0.3 is 0 Å². The van der Waals surface area contributed by atoms with Crippen LogP contribution in [0.25, 0.3) is 11.0 Å². The SMILES string of the molecule is CO.N/N=C(\OCc1ccc2nccnc2c1)c1cccc(C=O)c1. The maximum absolute atomic E-state index is 10.8. The lowest BCUT2D eigenvalue weighted by Crippen LogP contribution is -2.10. The topological polar surface area (TPSA) is 111 Å². The highest BCUT2D eigenvalue weighted by molar-refractivity contribution is 5.95. The Labute approximate surface area is 144 Å². The molecule has 0 radical (unpaired) electrons. The third kappa shape index (κ3) is 4.58. The van der Waals surface area contributed by atoms with Crippen molar-refractivity contribution >= 4 is 23.2 Å². The van der Waals surface area contributed by atoms with Gasteiger partial charge in [-0.3, -0.25) is 14.8 Å². The molecular weight excluding hydrogens is 320 g/mol. The van der Waals surface area contributed by atoms with Gasteiger partial charge in [-0.25, -0.2) is 0 Å². The summed E-state index contributed by atoms with van der Waals surface area (Å²) in [5, 5.41) is 10.7. The molecular formula is C18H18N4O3. The lowest BCUT2D eigenvalue weighted by molar-refractivity contribution is 0.112. The average molecular weight is 338 g/mol. The van der Waals surface area contributed by atoms with Gasteiger partial charge in [-0.1, -0.05) is 18.2 Å². The molecule has 7 nitrogen and oxygen atoms in total. The number of aldehydes is 1. The van der Waals surface area contributed by atoms with Gasteiger partial charge in [-0.05, 0) is 29.8 Å². The molecule has 0 bridgehead atoms. The fraction of sp³-hybridized carbons (Fsp3) is 0.111. The third-order valence-corrected chi connectivity index (χ3v) is 3.30. The maximum atomic E-state index is 10.8. The lowest BCUT2D eigenvalue weighted by atomic mass is 10.1. The van der Waals surface area contributed by atoms with Gasteiger partial charge in [0.2, 0.25) is 5.90 Å². The second-order valence-electron chi connectivity index (χ2n) is 4.85. The van der Waals surface area contributed by atoms with Crippen molar-refractivity contribution in [2.75, 3.05) is 7.11 Å². The second-order valence-corrected chi connectivity index (χ2v) is 4.85. The standard InChI is InChI=1S/C17H14N4O2.CH4O/c18-21-17(14-3-1-2-12(8-14)10-22)23-11-13-4-5-15-16(9-13)20-7-6-19-15;1-2/h1-10H,11,18H2;2H,1H3/b21-17-;. The number of nitrogens with two attached hydrogens (primary N) is 1. The van der Waals surface area contributed by atoms with E-state index in [4.69, 9.17) is 15.7 Å². The molecule has 0 aliphatic rings. The van der Waals surface area contributed by atoms with E-state index >= 15 is 0 Å². The molecule has 0 aliphatic heterocycles. The minimum atomic E-state index is 0.271. The van der Waals surface area contributed by atoms with E-state index in [9.17, 15) is 4.79 Å². The summed E-state index contributed by atoms with van der Waals surface area (Å²) in [6, 6.07) is 12.6. The number of hydrazone groups is 1. The van der Waals surface area contributed by atoms with Crippen molar-refractivity contribution in [1.82, 2.24) is 9.97 Å². The van der Waals surface area contributed by atoms with E-state index in [0.717, 1.165) is 30.0 Å². The van der Waals surface area contributed by atoms with Gasteiger partial charge in [0.1, 0.15) is 12.9 Å². The highest BCUT2D eigenvalue weighted by Gasteiger charge is 2.07. The first-order valence-electron chi connectivity index (χ1n) is 7.41. The Bertz CT molecular complexity index is 881. The molecule has 2 aromatic carbocycles. The molecule has 7 heteroatoms. The number of carbonyl (C=O) groups excluding carboxylic acids is 1. The van der Waals surface area contributed by atoms with Crippen molar-refractivity contribution in [1.29, 1.82) is 0 Å². The zero-order chi connectivity index (χ0) is 18.1. The molecule has 3 N–H and O–H groups in total. The first-order valence-corrected chi connectivity index (χ1v) is 7.41. The summed E-state index contributed by atoms with van der Waals surface area (Å²) < 4.78 is 5.67. The zero-order valence-corrected chi connectivity index (χ0v) is 13.7. The monoisotopic (exact) mass is 338 g/mol. The number of benzene rings is 2. The average Bonchev–Trinajstić information content (AvgIpc) is 2.70. The zero-order valence-electron chi connectivity index (χ0n) is 13.7. The minimum Gasteiger partial charge on any atom is -0.471 e. The summed E-state index contributed by atoms with van der Waals surface area (Å²) >= 11 is 0. The number of hydrogen-bond acceptors (Lipinski definition) is 7. The van der Waals surface area contributed by atoms with Gasteiger partial charge in [0.05, 0.1) is 11.0 Å². The summed E-state index contributed by atoms with van der Waals surface area (Å²) in [7, 11) is 1.00. The van der Waals surface area contributed by atoms with Gasteiger partial charge in [-0.15, -0.1) is 5.10 Å². The number of nitrogens with zero attached hydrogens (tertiary/aromatic N) is 3. The second kappa shape index (κ2) is 9.09. The van der Waals surface area contributed by atoms with Crippen LogP contribution in [0.15, 0.2) is 60.0 Å². The Balaban J connectivity index is 0.00000109. The third-order valence-electron chi connectivity index (χ3n) is 3.30. The molecule has 0 amide bonds. The van der Waals surface area contributed by atoms with Crippen LogP contribution in [0.2, 0.25) is 0 Å². The van der Waals surface area contributed by atoms with Crippen LogP contribution in [0.5, 0.6) is 0 Å². The van der Waals surface area contributed by atoms with Gasteiger partial charge in [0, 0.05) is 30.6 Å². The fourth-order valence-corrected chi connectivity index (χ4v) is 2.19. The van der Waals surface area contributed by atoms with Crippen LogP contribution in [0.4, 0.5) is 0 Å². The van der Waals surface area contributed by atoms with E-state index in [1.807, 2.05) is 18.2 Å². The molecule has 0 unspecified atom stereocenters. The smallest absolute Gasteiger partial charge is 0.238 e. The van der Waals surface area contributed by atoms with Crippen LogP contribution in [-0.4, -0.2) is 34.4 Å². The highest BCUT2D eigenvalue weighted by Crippen LogP contribution is 2.13. The van der Waals surface area contributed by atoms with Crippen LogP contribution in [0, 0.1) is 0 Å². The summed E-state index contributed by atoms with van der Waals surface area (Å²) in [6.45, 7) is 0.286. The number of aliphatic hydroxyl groups excluding tert-OH is 1. The Morgan fingerprint density at radius 2 is 1.92 bits per heavy atom. The molecule has 128 valence electrons. The first-order chi connectivity index (χ1) is 12.3.